The summed E-state index contributed by atoms with van der Waals surface area (Å²) in [6, 6.07) is 18.7. The summed E-state index contributed by atoms with van der Waals surface area (Å²) in [5.74, 6) is 0. The Bertz CT molecular complexity index is 965. The number of aryl methyl sites for hydroxylation is 2. The lowest BCUT2D eigenvalue weighted by atomic mass is 10.2. The highest BCUT2D eigenvalue weighted by Crippen LogP contribution is 2.29. The second-order valence-electron chi connectivity index (χ2n) is 5.96. The summed E-state index contributed by atoms with van der Waals surface area (Å²) >= 11 is 0. The van der Waals surface area contributed by atoms with Crippen molar-refractivity contribution in [2.75, 3.05) is 4.31 Å². The van der Waals surface area contributed by atoms with Crippen molar-refractivity contribution in [3.05, 3.63) is 77.6 Å². The van der Waals surface area contributed by atoms with E-state index >= 15 is 0 Å². The molecule has 0 aliphatic carbocycles. The van der Waals surface area contributed by atoms with Gasteiger partial charge in [-0.05, 0) is 31.5 Å². The molecule has 5 nitrogen and oxygen atoms in total. The molecule has 0 aliphatic heterocycles. The first-order chi connectivity index (χ1) is 11.9. The first kappa shape index (κ1) is 17.2. The predicted octanol–water partition coefficient (Wildman–Crippen LogP) is 3.43. The van der Waals surface area contributed by atoms with Gasteiger partial charge in [-0.3, -0.25) is 8.99 Å². The summed E-state index contributed by atoms with van der Waals surface area (Å²) in [6.07, 6.45) is 0. The molecule has 130 valence electrons. The Morgan fingerprint density at radius 3 is 2.04 bits per heavy atom. The SMILES string of the molecule is Cc1nn(C)c(C)c1S(=O)(=O)N(Cc1ccccc1)c1ccccc1. The number of nitrogens with zero attached hydrogens (tertiary/aromatic N) is 3. The van der Waals surface area contributed by atoms with Gasteiger partial charge in [0.05, 0.1) is 23.6 Å². The molecule has 1 heterocycles. The van der Waals surface area contributed by atoms with Crippen LogP contribution in [0.2, 0.25) is 0 Å². The van der Waals surface area contributed by atoms with Crippen LogP contribution in [0.25, 0.3) is 0 Å². The summed E-state index contributed by atoms with van der Waals surface area (Å²) in [5, 5.41) is 4.27. The van der Waals surface area contributed by atoms with Gasteiger partial charge in [-0.2, -0.15) is 5.10 Å². The minimum Gasteiger partial charge on any atom is -0.271 e. The molecule has 6 heteroatoms. The number of anilines is 1. The maximum absolute atomic E-state index is 13.5. The van der Waals surface area contributed by atoms with Gasteiger partial charge in [0.2, 0.25) is 0 Å². The van der Waals surface area contributed by atoms with E-state index in [0.717, 1.165) is 5.56 Å². The number of hydrogen-bond acceptors (Lipinski definition) is 3. The third-order valence-corrected chi connectivity index (χ3v) is 6.23. The normalized spacial score (nSPS) is 11.5. The first-order valence-corrected chi connectivity index (χ1v) is 9.47. The fourth-order valence-electron chi connectivity index (χ4n) is 2.90. The average molecular weight is 355 g/mol. The lowest BCUT2D eigenvalue weighted by molar-refractivity contribution is 0.589. The molecule has 0 unspecified atom stereocenters. The van der Waals surface area contributed by atoms with E-state index in [1.54, 1.807) is 25.6 Å². The number of para-hydroxylation sites is 1. The Morgan fingerprint density at radius 2 is 1.52 bits per heavy atom. The number of sulfonamides is 1. The van der Waals surface area contributed by atoms with Crippen LogP contribution in [0.5, 0.6) is 0 Å². The lowest BCUT2D eigenvalue weighted by Crippen LogP contribution is -2.31. The van der Waals surface area contributed by atoms with Crippen LogP contribution in [0.3, 0.4) is 0 Å². The summed E-state index contributed by atoms with van der Waals surface area (Å²) < 4.78 is 30.0. The van der Waals surface area contributed by atoms with Crippen LogP contribution < -0.4 is 4.31 Å². The molecule has 1 aromatic heterocycles. The molecular weight excluding hydrogens is 334 g/mol. The van der Waals surface area contributed by atoms with Gasteiger partial charge in [-0.1, -0.05) is 48.5 Å². The van der Waals surface area contributed by atoms with Crippen LogP contribution >= 0.6 is 0 Å². The zero-order valence-electron chi connectivity index (χ0n) is 14.5. The fourth-order valence-corrected chi connectivity index (χ4v) is 4.75. The van der Waals surface area contributed by atoms with Crippen LogP contribution in [0.1, 0.15) is 17.0 Å². The van der Waals surface area contributed by atoms with Gasteiger partial charge in [-0.25, -0.2) is 8.42 Å². The van der Waals surface area contributed by atoms with Crippen molar-refractivity contribution in [2.24, 2.45) is 7.05 Å². The van der Waals surface area contributed by atoms with Crippen molar-refractivity contribution >= 4 is 15.7 Å². The van der Waals surface area contributed by atoms with Gasteiger partial charge < -0.3 is 0 Å². The van der Waals surface area contributed by atoms with Crippen molar-refractivity contribution in [2.45, 2.75) is 25.3 Å². The van der Waals surface area contributed by atoms with Crippen molar-refractivity contribution in [3.8, 4) is 0 Å². The van der Waals surface area contributed by atoms with E-state index in [1.807, 2.05) is 60.7 Å². The topological polar surface area (TPSA) is 55.2 Å². The summed E-state index contributed by atoms with van der Waals surface area (Å²) in [4.78, 5) is 0.273. The molecule has 0 saturated carbocycles. The number of hydrogen-bond donors (Lipinski definition) is 0. The molecule has 0 amide bonds. The van der Waals surface area contributed by atoms with Crippen molar-refractivity contribution in [1.29, 1.82) is 0 Å². The molecule has 3 aromatic rings. The van der Waals surface area contributed by atoms with Gasteiger partial charge in [0.1, 0.15) is 4.90 Å². The molecule has 2 aromatic carbocycles. The summed E-state index contributed by atoms with van der Waals surface area (Å²) in [6.45, 7) is 3.77. The van der Waals surface area contributed by atoms with Crippen molar-refractivity contribution in [3.63, 3.8) is 0 Å². The van der Waals surface area contributed by atoms with Crippen molar-refractivity contribution in [1.82, 2.24) is 9.78 Å². The third-order valence-electron chi connectivity index (χ3n) is 4.20. The quantitative estimate of drug-likeness (QED) is 0.704. The zero-order valence-corrected chi connectivity index (χ0v) is 15.4. The van der Waals surface area contributed by atoms with Crippen LogP contribution in [-0.2, 0) is 23.6 Å². The molecular formula is C19H21N3O2S. The summed E-state index contributed by atoms with van der Waals surface area (Å²) in [7, 11) is -1.99. The number of aromatic nitrogens is 2. The van der Waals surface area contributed by atoms with Gasteiger partial charge in [0.25, 0.3) is 10.0 Å². The molecule has 3 rings (SSSR count). The maximum atomic E-state index is 13.5. The van der Waals surface area contributed by atoms with Gasteiger partial charge in [0.15, 0.2) is 0 Å². The highest BCUT2D eigenvalue weighted by atomic mass is 32.2. The van der Waals surface area contributed by atoms with Gasteiger partial charge >= 0.3 is 0 Å². The van der Waals surface area contributed by atoms with E-state index in [4.69, 9.17) is 0 Å². The largest absolute Gasteiger partial charge is 0.271 e. The molecule has 0 spiro atoms. The average Bonchev–Trinajstić information content (AvgIpc) is 2.87. The Labute approximate surface area is 148 Å². The Hall–Kier alpha value is -2.60. The van der Waals surface area contributed by atoms with E-state index < -0.39 is 10.0 Å². The minimum absolute atomic E-state index is 0.265. The maximum Gasteiger partial charge on any atom is 0.268 e. The Morgan fingerprint density at radius 1 is 0.960 bits per heavy atom. The second kappa shape index (κ2) is 6.72. The predicted molar refractivity (Wildman–Crippen MR) is 98.9 cm³/mol. The monoisotopic (exact) mass is 355 g/mol. The third kappa shape index (κ3) is 3.30. The Kier molecular flexibility index (Phi) is 4.63. The molecule has 0 saturated heterocycles. The van der Waals surface area contributed by atoms with E-state index in [0.29, 0.717) is 17.1 Å². The van der Waals surface area contributed by atoms with Crippen LogP contribution in [0.15, 0.2) is 65.6 Å². The second-order valence-corrected chi connectivity index (χ2v) is 7.76. The zero-order chi connectivity index (χ0) is 18.0. The van der Waals surface area contributed by atoms with E-state index in [9.17, 15) is 8.42 Å². The molecule has 0 aliphatic rings. The van der Waals surface area contributed by atoms with Gasteiger partial charge in [-0.15, -0.1) is 0 Å². The standard InChI is InChI=1S/C19H21N3O2S/c1-15-19(16(2)21(3)20-15)25(23,24)22(18-12-8-5-9-13-18)14-17-10-6-4-7-11-17/h4-13H,14H2,1-3H3. The van der Waals surface area contributed by atoms with Crippen molar-refractivity contribution < 1.29 is 8.42 Å². The molecule has 0 radical (unpaired) electrons. The van der Waals surface area contributed by atoms with Gasteiger partial charge in [0, 0.05) is 7.05 Å². The Balaban J connectivity index is 2.13. The fraction of sp³-hybridized carbons (Fsp3) is 0.211. The molecule has 0 N–H and O–H groups in total. The lowest BCUT2D eigenvalue weighted by Gasteiger charge is -2.25. The first-order valence-electron chi connectivity index (χ1n) is 8.03. The van der Waals surface area contributed by atoms with E-state index in [2.05, 4.69) is 5.10 Å². The number of rotatable bonds is 5. The van der Waals surface area contributed by atoms with E-state index in [1.165, 1.54) is 4.31 Å². The van der Waals surface area contributed by atoms with Crippen LogP contribution in [-0.4, -0.2) is 18.2 Å². The molecule has 25 heavy (non-hydrogen) atoms. The smallest absolute Gasteiger partial charge is 0.268 e. The molecule has 0 atom stereocenters. The minimum atomic E-state index is -3.74. The highest BCUT2D eigenvalue weighted by Gasteiger charge is 2.31. The van der Waals surface area contributed by atoms with E-state index in [-0.39, 0.29) is 11.4 Å². The summed E-state index contributed by atoms with van der Waals surface area (Å²) in [5.41, 5.74) is 2.70. The van der Waals surface area contributed by atoms with Crippen LogP contribution in [0.4, 0.5) is 5.69 Å². The van der Waals surface area contributed by atoms with Crippen LogP contribution in [0, 0.1) is 13.8 Å². The molecule has 0 bridgehead atoms. The number of benzene rings is 2. The molecule has 0 fully saturated rings. The highest BCUT2D eigenvalue weighted by molar-refractivity contribution is 7.92.